The number of alkyl halides is 1. The first-order valence-electron chi connectivity index (χ1n) is 8.50. The first-order valence-corrected chi connectivity index (χ1v) is 11.1. The second-order valence-corrected chi connectivity index (χ2v) is 8.74. The van der Waals surface area contributed by atoms with Crippen LogP contribution in [-0.4, -0.2) is 51.8 Å². The summed E-state index contributed by atoms with van der Waals surface area (Å²) < 4.78 is 32.9. The quantitative estimate of drug-likeness (QED) is 0.270. The number of fused-ring (bicyclic) bond motifs is 1. The Labute approximate surface area is 170 Å². The maximum Gasteiger partial charge on any atom is 0.262 e. The van der Waals surface area contributed by atoms with Crippen molar-refractivity contribution in [1.82, 2.24) is 19.8 Å². The molecule has 1 atom stereocenters. The van der Waals surface area contributed by atoms with Crippen molar-refractivity contribution in [3.05, 3.63) is 48.0 Å². The van der Waals surface area contributed by atoms with Crippen molar-refractivity contribution in [2.75, 3.05) is 11.9 Å². The maximum atomic E-state index is 13.2. The molecule has 2 heterocycles. The third-order valence-electron chi connectivity index (χ3n) is 4.29. The third-order valence-corrected chi connectivity index (χ3v) is 6.72. The second kappa shape index (κ2) is 8.95. The zero-order valence-corrected chi connectivity index (χ0v) is 17.2. The SMILES string of the molecule is O=C(NO)C1Cc2nccnc2CN1S(=O)(=O)c1ccc(OCCCBr)cc1. The Morgan fingerprint density at radius 2 is 1.93 bits per heavy atom. The number of nitrogens with one attached hydrogen (secondary N) is 1. The van der Waals surface area contributed by atoms with E-state index in [0.717, 1.165) is 16.1 Å². The standard InChI is InChI=1S/C17H19BrN4O5S/c18-6-1-9-27-12-2-4-13(5-3-12)28(25,26)22-11-15-14(19-7-8-20-15)10-16(22)17(23)21-24/h2-5,7-8,16,24H,1,6,9-11H2,(H,21,23). The van der Waals surface area contributed by atoms with Gasteiger partial charge in [-0.3, -0.25) is 20.0 Å². The molecule has 3 rings (SSSR count). The van der Waals surface area contributed by atoms with Crippen LogP contribution in [0.5, 0.6) is 5.75 Å². The van der Waals surface area contributed by atoms with E-state index in [4.69, 9.17) is 9.94 Å². The van der Waals surface area contributed by atoms with Gasteiger partial charge in [-0.2, -0.15) is 4.31 Å². The van der Waals surface area contributed by atoms with Crippen LogP contribution < -0.4 is 10.2 Å². The molecule has 28 heavy (non-hydrogen) atoms. The smallest absolute Gasteiger partial charge is 0.262 e. The number of carbonyl (C=O) groups is 1. The Morgan fingerprint density at radius 1 is 1.25 bits per heavy atom. The monoisotopic (exact) mass is 470 g/mol. The topological polar surface area (TPSA) is 122 Å². The van der Waals surface area contributed by atoms with Crippen molar-refractivity contribution in [2.45, 2.75) is 30.3 Å². The molecule has 150 valence electrons. The molecule has 9 nitrogen and oxygen atoms in total. The van der Waals surface area contributed by atoms with Crippen molar-refractivity contribution < 1.29 is 23.2 Å². The van der Waals surface area contributed by atoms with E-state index in [1.165, 1.54) is 30.0 Å². The largest absolute Gasteiger partial charge is 0.494 e. The van der Waals surface area contributed by atoms with Crippen LogP contribution in [-0.2, 0) is 27.8 Å². The highest BCUT2D eigenvalue weighted by Gasteiger charge is 2.40. The molecule has 1 aromatic heterocycles. The zero-order valence-electron chi connectivity index (χ0n) is 14.8. The van der Waals surface area contributed by atoms with Gasteiger partial charge in [-0.1, -0.05) is 15.9 Å². The Hall–Kier alpha value is -2.08. The summed E-state index contributed by atoms with van der Waals surface area (Å²) in [6.07, 6.45) is 3.79. The number of sulfonamides is 1. The summed E-state index contributed by atoms with van der Waals surface area (Å²) >= 11 is 3.31. The number of ether oxygens (including phenoxy) is 1. The lowest BCUT2D eigenvalue weighted by Gasteiger charge is -2.33. The van der Waals surface area contributed by atoms with Gasteiger partial charge in [0.05, 0.1) is 29.4 Å². The molecule has 1 aliphatic rings. The van der Waals surface area contributed by atoms with Crippen molar-refractivity contribution in [3.8, 4) is 5.75 Å². The minimum absolute atomic E-state index is 0.0164. The van der Waals surface area contributed by atoms with Gasteiger partial charge in [-0.25, -0.2) is 13.9 Å². The van der Waals surface area contributed by atoms with Crippen LogP contribution in [0, 0.1) is 0 Å². The van der Waals surface area contributed by atoms with Gasteiger partial charge in [-0.15, -0.1) is 0 Å². The molecule has 0 bridgehead atoms. The maximum absolute atomic E-state index is 13.2. The summed E-state index contributed by atoms with van der Waals surface area (Å²) in [5, 5.41) is 9.86. The average molecular weight is 471 g/mol. The summed E-state index contributed by atoms with van der Waals surface area (Å²) in [4.78, 5) is 20.5. The molecule has 0 radical (unpaired) electrons. The van der Waals surface area contributed by atoms with E-state index in [9.17, 15) is 13.2 Å². The van der Waals surface area contributed by atoms with E-state index in [2.05, 4.69) is 25.9 Å². The molecule has 2 aromatic rings. The van der Waals surface area contributed by atoms with Crippen LogP contribution in [0.1, 0.15) is 17.8 Å². The lowest BCUT2D eigenvalue weighted by Crippen LogP contribution is -2.52. The number of aromatic nitrogens is 2. The molecule has 0 aliphatic carbocycles. The fraction of sp³-hybridized carbons (Fsp3) is 0.353. The molecular weight excluding hydrogens is 452 g/mol. The molecular formula is C17H19BrN4O5S. The van der Waals surface area contributed by atoms with Crippen LogP contribution in [0.4, 0.5) is 0 Å². The van der Waals surface area contributed by atoms with Gasteiger partial charge in [0.1, 0.15) is 11.8 Å². The van der Waals surface area contributed by atoms with Crippen molar-refractivity contribution in [2.24, 2.45) is 0 Å². The van der Waals surface area contributed by atoms with Crippen molar-refractivity contribution in [3.63, 3.8) is 0 Å². The van der Waals surface area contributed by atoms with E-state index >= 15 is 0 Å². The number of rotatable bonds is 7. The minimum Gasteiger partial charge on any atom is -0.494 e. The minimum atomic E-state index is -4.02. The van der Waals surface area contributed by atoms with Crippen LogP contribution in [0.2, 0.25) is 0 Å². The normalized spacial score (nSPS) is 17.0. The fourth-order valence-corrected chi connectivity index (χ4v) is 4.66. The summed E-state index contributed by atoms with van der Waals surface area (Å²) in [5.41, 5.74) is 2.54. The number of halogens is 1. The third kappa shape index (κ3) is 4.32. The Morgan fingerprint density at radius 3 is 2.57 bits per heavy atom. The Kier molecular flexibility index (Phi) is 6.60. The van der Waals surface area contributed by atoms with Gasteiger partial charge in [0.15, 0.2) is 0 Å². The van der Waals surface area contributed by atoms with E-state index in [1.807, 2.05) is 0 Å². The summed E-state index contributed by atoms with van der Waals surface area (Å²) in [6.45, 7) is 0.394. The Balaban J connectivity index is 1.89. The number of amides is 1. The molecule has 0 fully saturated rings. The molecule has 1 aromatic carbocycles. The second-order valence-electron chi connectivity index (χ2n) is 6.06. The van der Waals surface area contributed by atoms with Gasteiger partial charge in [0, 0.05) is 24.1 Å². The highest BCUT2D eigenvalue weighted by atomic mass is 79.9. The molecule has 0 saturated carbocycles. The molecule has 11 heteroatoms. The lowest BCUT2D eigenvalue weighted by atomic mass is 10.0. The highest BCUT2D eigenvalue weighted by Crippen LogP contribution is 2.28. The van der Waals surface area contributed by atoms with Gasteiger partial charge in [-0.05, 0) is 30.7 Å². The average Bonchev–Trinajstić information content (AvgIpc) is 2.72. The van der Waals surface area contributed by atoms with Crippen molar-refractivity contribution in [1.29, 1.82) is 0 Å². The number of hydrogen-bond acceptors (Lipinski definition) is 7. The molecule has 0 saturated heterocycles. The molecule has 1 unspecified atom stereocenters. The number of nitrogens with zero attached hydrogens (tertiary/aromatic N) is 3. The number of carbonyl (C=O) groups excluding carboxylic acids is 1. The van der Waals surface area contributed by atoms with Crippen LogP contribution >= 0.6 is 15.9 Å². The summed E-state index contributed by atoms with van der Waals surface area (Å²) in [7, 11) is -4.02. The first-order chi connectivity index (χ1) is 13.5. The van der Waals surface area contributed by atoms with E-state index in [1.54, 1.807) is 12.1 Å². The van der Waals surface area contributed by atoms with Gasteiger partial charge in [0.25, 0.3) is 5.91 Å². The summed E-state index contributed by atoms with van der Waals surface area (Å²) in [5.74, 6) is -0.269. The van der Waals surface area contributed by atoms with Gasteiger partial charge >= 0.3 is 0 Å². The van der Waals surface area contributed by atoms with E-state index < -0.39 is 22.0 Å². The van der Waals surface area contributed by atoms with Crippen LogP contribution in [0.15, 0.2) is 41.6 Å². The molecule has 1 amide bonds. The predicted octanol–water partition coefficient (Wildman–Crippen LogP) is 1.26. The van der Waals surface area contributed by atoms with Crippen LogP contribution in [0.3, 0.4) is 0 Å². The molecule has 2 N–H and O–H groups in total. The van der Waals surface area contributed by atoms with Crippen LogP contribution in [0.25, 0.3) is 0 Å². The predicted molar refractivity (Wildman–Crippen MR) is 103 cm³/mol. The summed E-state index contributed by atoms with van der Waals surface area (Å²) in [6, 6.07) is 4.87. The number of benzene rings is 1. The number of hydrogen-bond donors (Lipinski definition) is 2. The molecule has 0 spiro atoms. The highest BCUT2D eigenvalue weighted by molar-refractivity contribution is 9.09. The van der Waals surface area contributed by atoms with E-state index in [0.29, 0.717) is 23.7 Å². The zero-order chi connectivity index (χ0) is 20.1. The van der Waals surface area contributed by atoms with Crippen molar-refractivity contribution >= 4 is 31.9 Å². The lowest BCUT2D eigenvalue weighted by molar-refractivity contribution is -0.133. The molecule has 1 aliphatic heterocycles. The van der Waals surface area contributed by atoms with Gasteiger partial charge in [0.2, 0.25) is 10.0 Å². The van der Waals surface area contributed by atoms with Gasteiger partial charge < -0.3 is 4.74 Å². The number of hydroxylamine groups is 1. The van der Waals surface area contributed by atoms with E-state index in [-0.39, 0.29) is 17.9 Å². The first kappa shape index (κ1) is 20.6. The Bertz CT molecular complexity index is 939. The fourth-order valence-electron chi connectivity index (χ4n) is 2.88.